The first-order valence-corrected chi connectivity index (χ1v) is 11.4. The molecule has 1 aliphatic heterocycles. The van der Waals surface area contributed by atoms with Crippen LogP contribution in [-0.4, -0.2) is 56.3 Å². The number of nitrogens with zero attached hydrogens (tertiary/aromatic N) is 3. The minimum atomic E-state index is -3.74. The Morgan fingerprint density at radius 2 is 1.84 bits per heavy atom. The van der Waals surface area contributed by atoms with Gasteiger partial charge in [-0.25, -0.2) is 8.42 Å². The van der Waals surface area contributed by atoms with Gasteiger partial charge in [0.25, 0.3) is 0 Å². The number of hydrogen-bond acceptors (Lipinski definition) is 7. The third-order valence-electron chi connectivity index (χ3n) is 4.85. The lowest BCUT2D eigenvalue weighted by atomic mass is 10.1. The van der Waals surface area contributed by atoms with E-state index in [9.17, 15) is 8.42 Å². The number of rotatable bonds is 6. The van der Waals surface area contributed by atoms with Crippen LogP contribution in [0.1, 0.15) is 0 Å². The smallest absolute Gasteiger partial charge is 0.246 e. The average Bonchev–Trinajstić information content (AvgIpc) is 2.81. The molecule has 1 N–H and O–H groups in total. The molecular weight excluding hydrogens is 440 g/mol. The maximum atomic E-state index is 13.2. The number of aromatic nitrogens is 2. The lowest BCUT2D eigenvalue weighted by molar-refractivity contribution is 0.0729. The first-order valence-electron chi connectivity index (χ1n) is 9.60. The number of benzene rings is 2. The van der Waals surface area contributed by atoms with Crippen molar-refractivity contribution in [3.63, 3.8) is 0 Å². The molecule has 3 aromatic rings. The molecule has 2 heterocycles. The Balaban J connectivity index is 1.63. The van der Waals surface area contributed by atoms with Gasteiger partial charge >= 0.3 is 0 Å². The summed E-state index contributed by atoms with van der Waals surface area (Å²) >= 11 is 6.16. The quantitative estimate of drug-likeness (QED) is 0.601. The van der Waals surface area contributed by atoms with Crippen LogP contribution in [0.5, 0.6) is 5.75 Å². The van der Waals surface area contributed by atoms with Gasteiger partial charge in [-0.2, -0.15) is 4.31 Å². The molecule has 1 aromatic heterocycles. The second-order valence-corrected chi connectivity index (χ2v) is 9.10. The fourth-order valence-electron chi connectivity index (χ4n) is 3.22. The monoisotopic (exact) mass is 460 g/mol. The molecule has 162 valence electrons. The maximum Gasteiger partial charge on any atom is 0.246 e. The highest BCUT2D eigenvalue weighted by atomic mass is 35.5. The van der Waals surface area contributed by atoms with E-state index >= 15 is 0 Å². The molecule has 1 aliphatic rings. The first-order chi connectivity index (χ1) is 15.0. The predicted molar refractivity (Wildman–Crippen MR) is 118 cm³/mol. The molecule has 0 bridgehead atoms. The molecule has 0 atom stereocenters. The largest absolute Gasteiger partial charge is 0.495 e. The summed E-state index contributed by atoms with van der Waals surface area (Å²) in [5.41, 5.74) is 1.87. The number of para-hydroxylation sites is 1. The third kappa shape index (κ3) is 4.64. The molecule has 1 saturated heterocycles. The molecule has 0 radical (unpaired) electrons. The normalized spacial score (nSPS) is 14.9. The van der Waals surface area contributed by atoms with Crippen LogP contribution in [0.2, 0.25) is 5.02 Å². The van der Waals surface area contributed by atoms with Crippen LogP contribution in [0, 0.1) is 0 Å². The van der Waals surface area contributed by atoms with Crippen LogP contribution in [0.4, 0.5) is 11.5 Å². The molecule has 0 aliphatic carbocycles. The van der Waals surface area contributed by atoms with Crippen LogP contribution < -0.4 is 10.1 Å². The molecule has 2 aromatic carbocycles. The number of nitrogens with one attached hydrogen (secondary N) is 1. The van der Waals surface area contributed by atoms with Gasteiger partial charge in [-0.1, -0.05) is 23.7 Å². The highest BCUT2D eigenvalue weighted by molar-refractivity contribution is 7.89. The van der Waals surface area contributed by atoms with E-state index in [0.717, 1.165) is 5.69 Å². The Hall–Kier alpha value is -2.72. The molecule has 8 nitrogen and oxygen atoms in total. The molecule has 4 rings (SSSR count). The molecule has 0 spiro atoms. The number of hydrogen-bond donors (Lipinski definition) is 1. The van der Waals surface area contributed by atoms with Gasteiger partial charge in [0.2, 0.25) is 10.0 Å². The molecule has 10 heteroatoms. The van der Waals surface area contributed by atoms with Crippen LogP contribution in [-0.2, 0) is 14.8 Å². The van der Waals surface area contributed by atoms with Gasteiger partial charge in [0.1, 0.15) is 10.6 Å². The van der Waals surface area contributed by atoms with E-state index < -0.39 is 10.0 Å². The van der Waals surface area contributed by atoms with E-state index in [1.165, 1.54) is 11.4 Å². The molecular formula is C21H21ClN4O4S. The summed E-state index contributed by atoms with van der Waals surface area (Å²) in [6, 6.07) is 15.8. The van der Waals surface area contributed by atoms with Crippen LogP contribution in [0.3, 0.4) is 0 Å². The Bertz CT molecular complexity index is 1170. The molecule has 0 amide bonds. The molecule has 1 fully saturated rings. The van der Waals surface area contributed by atoms with Gasteiger partial charge < -0.3 is 14.8 Å². The second-order valence-electron chi connectivity index (χ2n) is 6.79. The van der Waals surface area contributed by atoms with E-state index in [4.69, 9.17) is 21.1 Å². The SMILES string of the molecule is COc1ccc(-c2ccc(Nc3ccccc3Cl)nn2)cc1S(=O)(=O)N1CCOCC1. The van der Waals surface area contributed by atoms with Crippen molar-refractivity contribution in [1.29, 1.82) is 0 Å². The lowest BCUT2D eigenvalue weighted by Gasteiger charge is -2.26. The number of sulfonamides is 1. The Morgan fingerprint density at radius 3 is 2.52 bits per heavy atom. The van der Waals surface area contributed by atoms with E-state index in [-0.39, 0.29) is 10.6 Å². The Labute approximate surface area is 185 Å². The minimum Gasteiger partial charge on any atom is -0.495 e. The zero-order valence-electron chi connectivity index (χ0n) is 16.8. The summed E-state index contributed by atoms with van der Waals surface area (Å²) in [4.78, 5) is 0.0921. The zero-order chi connectivity index (χ0) is 21.8. The zero-order valence-corrected chi connectivity index (χ0v) is 18.4. The van der Waals surface area contributed by atoms with Crippen molar-refractivity contribution in [3.05, 3.63) is 59.6 Å². The van der Waals surface area contributed by atoms with Crippen LogP contribution >= 0.6 is 11.6 Å². The summed E-state index contributed by atoms with van der Waals surface area (Å²) < 4.78 is 38.3. The van der Waals surface area contributed by atoms with Crippen molar-refractivity contribution in [2.45, 2.75) is 4.90 Å². The number of morpholine rings is 1. The van der Waals surface area contributed by atoms with Crippen LogP contribution in [0.25, 0.3) is 11.3 Å². The number of halogens is 1. The van der Waals surface area contributed by atoms with Crippen LogP contribution in [0.15, 0.2) is 59.5 Å². The minimum absolute atomic E-state index is 0.0921. The second kappa shape index (κ2) is 9.19. The van der Waals surface area contributed by atoms with Crippen molar-refractivity contribution in [2.24, 2.45) is 0 Å². The van der Waals surface area contributed by atoms with E-state index in [1.54, 1.807) is 36.4 Å². The molecule has 31 heavy (non-hydrogen) atoms. The van der Waals surface area contributed by atoms with Gasteiger partial charge in [-0.05, 0) is 42.5 Å². The number of anilines is 2. The van der Waals surface area contributed by atoms with Gasteiger partial charge in [0.15, 0.2) is 5.82 Å². The van der Waals surface area contributed by atoms with E-state index in [0.29, 0.717) is 48.4 Å². The Morgan fingerprint density at radius 1 is 1.06 bits per heavy atom. The number of methoxy groups -OCH3 is 1. The lowest BCUT2D eigenvalue weighted by Crippen LogP contribution is -2.40. The molecule has 0 unspecified atom stereocenters. The van der Waals surface area contributed by atoms with Crippen molar-refractivity contribution < 1.29 is 17.9 Å². The fraction of sp³-hybridized carbons (Fsp3) is 0.238. The van der Waals surface area contributed by atoms with Gasteiger partial charge in [-0.15, -0.1) is 10.2 Å². The summed E-state index contributed by atoms with van der Waals surface area (Å²) in [6.45, 7) is 1.34. The third-order valence-corrected chi connectivity index (χ3v) is 7.10. The van der Waals surface area contributed by atoms with Gasteiger partial charge in [-0.3, -0.25) is 0 Å². The van der Waals surface area contributed by atoms with E-state index in [1.807, 2.05) is 18.2 Å². The van der Waals surface area contributed by atoms with Gasteiger partial charge in [0.05, 0.1) is 36.7 Å². The predicted octanol–water partition coefficient (Wildman–Crippen LogP) is 3.57. The maximum absolute atomic E-state index is 13.2. The number of ether oxygens (including phenoxy) is 2. The van der Waals surface area contributed by atoms with Crippen molar-refractivity contribution >= 4 is 33.1 Å². The van der Waals surface area contributed by atoms with Crippen molar-refractivity contribution in [3.8, 4) is 17.0 Å². The van der Waals surface area contributed by atoms with Gasteiger partial charge in [0, 0.05) is 18.7 Å². The van der Waals surface area contributed by atoms with Crippen molar-refractivity contribution in [1.82, 2.24) is 14.5 Å². The summed E-state index contributed by atoms with van der Waals surface area (Å²) in [7, 11) is -2.29. The molecule has 0 saturated carbocycles. The first kappa shape index (κ1) is 21.5. The highest BCUT2D eigenvalue weighted by Gasteiger charge is 2.29. The van der Waals surface area contributed by atoms with E-state index in [2.05, 4.69) is 15.5 Å². The summed E-state index contributed by atoms with van der Waals surface area (Å²) in [5.74, 6) is 0.798. The standard InChI is InChI=1S/C21H21ClN4O4S/c1-29-19-8-6-15(14-20(19)31(27,28)26-10-12-30-13-11-26)17-7-9-21(25-24-17)23-18-5-3-2-4-16(18)22/h2-9,14H,10-13H2,1H3,(H,23,25). The highest BCUT2D eigenvalue weighted by Crippen LogP contribution is 2.32. The topological polar surface area (TPSA) is 93.7 Å². The fourth-order valence-corrected chi connectivity index (χ4v) is 4.99. The average molecular weight is 461 g/mol. The van der Waals surface area contributed by atoms with Crippen molar-refractivity contribution in [2.75, 3.05) is 38.7 Å². The summed E-state index contributed by atoms with van der Waals surface area (Å²) in [6.07, 6.45) is 0. The summed E-state index contributed by atoms with van der Waals surface area (Å²) in [5, 5.41) is 12.1. The Kier molecular flexibility index (Phi) is 6.38.